The van der Waals surface area contributed by atoms with Crippen molar-refractivity contribution in [2.24, 2.45) is 0 Å². The lowest BCUT2D eigenvalue weighted by Gasteiger charge is -2.19. The highest BCUT2D eigenvalue weighted by atomic mass is 16.5. The molecule has 23 heavy (non-hydrogen) atoms. The lowest BCUT2D eigenvalue weighted by Crippen LogP contribution is -2.19. The minimum absolute atomic E-state index is 0.0161. The largest absolute Gasteiger partial charge is 0.492 e. The van der Waals surface area contributed by atoms with E-state index in [1.54, 1.807) is 6.07 Å². The Balaban J connectivity index is 2.00. The first-order valence-electron chi connectivity index (χ1n) is 7.77. The van der Waals surface area contributed by atoms with E-state index in [0.717, 1.165) is 17.1 Å². The van der Waals surface area contributed by atoms with Gasteiger partial charge in [-0.15, -0.1) is 0 Å². The molecule has 0 amide bonds. The average Bonchev–Trinajstić information content (AvgIpc) is 3.07. The van der Waals surface area contributed by atoms with E-state index in [-0.39, 0.29) is 11.2 Å². The molecule has 1 aromatic heterocycles. The van der Waals surface area contributed by atoms with Crippen molar-refractivity contribution in [3.8, 4) is 5.75 Å². The van der Waals surface area contributed by atoms with Crippen LogP contribution in [-0.4, -0.2) is 19.7 Å². The van der Waals surface area contributed by atoms with E-state index in [9.17, 15) is 4.79 Å². The molecule has 1 aliphatic rings. The molecule has 0 N–H and O–H groups in total. The number of methoxy groups -OCH3 is 1. The van der Waals surface area contributed by atoms with Crippen LogP contribution in [0.25, 0.3) is 0 Å². The van der Waals surface area contributed by atoms with Gasteiger partial charge in [-0.1, -0.05) is 19.9 Å². The molecule has 1 aromatic carbocycles. The molecule has 4 nitrogen and oxygen atoms in total. The van der Waals surface area contributed by atoms with Gasteiger partial charge in [0.25, 0.3) is 0 Å². The highest BCUT2D eigenvalue weighted by Gasteiger charge is 2.35. The van der Waals surface area contributed by atoms with Crippen LogP contribution < -0.4 is 4.74 Å². The van der Waals surface area contributed by atoms with E-state index in [2.05, 4.69) is 38.5 Å². The number of hydrogen-bond acceptors (Lipinski definition) is 4. The normalized spacial score (nSPS) is 15.2. The number of ether oxygens (including phenoxy) is 2. The summed E-state index contributed by atoms with van der Waals surface area (Å²) in [6, 6.07) is 5.67. The second-order valence-electron chi connectivity index (χ2n) is 6.80. The van der Waals surface area contributed by atoms with Gasteiger partial charge in [0.05, 0.1) is 13.7 Å². The van der Waals surface area contributed by atoms with Gasteiger partial charge in [-0.25, -0.2) is 4.79 Å². The van der Waals surface area contributed by atoms with Gasteiger partial charge in [-0.3, -0.25) is 0 Å². The smallest absolute Gasteiger partial charge is 0.373 e. The average molecular weight is 314 g/mol. The lowest BCUT2D eigenvalue weighted by atomic mass is 9.82. The molecule has 4 heteroatoms. The Bertz CT molecular complexity index is 768. The van der Waals surface area contributed by atoms with Gasteiger partial charge < -0.3 is 13.9 Å². The van der Waals surface area contributed by atoms with Crippen molar-refractivity contribution >= 4 is 5.97 Å². The van der Waals surface area contributed by atoms with Crippen molar-refractivity contribution in [3.05, 3.63) is 52.0 Å². The summed E-state index contributed by atoms with van der Waals surface area (Å²) in [4.78, 5) is 11.5. The molecule has 1 aliphatic heterocycles. The zero-order valence-corrected chi connectivity index (χ0v) is 14.3. The first kappa shape index (κ1) is 15.7. The van der Waals surface area contributed by atoms with Gasteiger partial charge in [-0.05, 0) is 37.1 Å². The fraction of sp³-hybridized carbons (Fsp3) is 0.421. The molecule has 122 valence electrons. The third kappa shape index (κ3) is 2.62. The number of furan rings is 1. The zero-order chi connectivity index (χ0) is 16.8. The Kier molecular flexibility index (Phi) is 3.71. The van der Waals surface area contributed by atoms with Gasteiger partial charge in [0.2, 0.25) is 5.76 Å². The molecule has 0 radical (unpaired) electrons. The van der Waals surface area contributed by atoms with Crippen molar-refractivity contribution in [1.29, 1.82) is 0 Å². The number of fused-ring (bicyclic) bond motifs is 1. The zero-order valence-electron chi connectivity index (χ0n) is 14.3. The SMILES string of the molecule is COC(=O)c1ccc(Cc2c(C)cc(C)c3c2OCC3(C)C)o1. The molecule has 0 saturated heterocycles. The van der Waals surface area contributed by atoms with Gasteiger partial charge >= 0.3 is 5.97 Å². The Hall–Kier alpha value is -2.23. The van der Waals surface area contributed by atoms with Crippen molar-refractivity contribution in [3.63, 3.8) is 0 Å². The van der Waals surface area contributed by atoms with Crippen LogP contribution in [0.5, 0.6) is 5.75 Å². The second-order valence-corrected chi connectivity index (χ2v) is 6.80. The Labute approximate surface area is 136 Å². The van der Waals surface area contributed by atoms with Crippen LogP contribution in [0.2, 0.25) is 0 Å². The molecular weight excluding hydrogens is 292 g/mol. The maximum atomic E-state index is 11.5. The van der Waals surface area contributed by atoms with E-state index < -0.39 is 5.97 Å². The van der Waals surface area contributed by atoms with Crippen molar-refractivity contribution < 1.29 is 18.7 Å². The van der Waals surface area contributed by atoms with Crippen LogP contribution in [0.3, 0.4) is 0 Å². The molecule has 0 unspecified atom stereocenters. The number of hydrogen-bond donors (Lipinski definition) is 0. The summed E-state index contributed by atoms with van der Waals surface area (Å²) in [5.41, 5.74) is 4.86. The third-order valence-electron chi connectivity index (χ3n) is 4.46. The first-order chi connectivity index (χ1) is 10.8. The van der Waals surface area contributed by atoms with Crippen molar-refractivity contribution in [1.82, 2.24) is 0 Å². The summed E-state index contributed by atoms with van der Waals surface area (Å²) in [5, 5.41) is 0. The van der Waals surface area contributed by atoms with E-state index in [1.165, 1.54) is 23.8 Å². The predicted octanol–water partition coefficient (Wildman–Crippen LogP) is 3.94. The van der Waals surface area contributed by atoms with E-state index >= 15 is 0 Å². The minimum atomic E-state index is -0.459. The molecule has 2 aromatic rings. The topological polar surface area (TPSA) is 48.7 Å². The van der Waals surface area contributed by atoms with Crippen LogP contribution >= 0.6 is 0 Å². The Morgan fingerprint density at radius 3 is 2.70 bits per heavy atom. The highest BCUT2D eigenvalue weighted by molar-refractivity contribution is 5.86. The number of carbonyl (C=O) groups is 1. The summed E-state index contributed by atoms with van der Waals surface area (Å²) < 4.78 is 16.3. The van der Waals surface area contributed by atoms with Crippen LogP contribution in [0.1, 0.15) is 52.4 Å². The molecule has 3 rings (SSSR count). The number of carbonyl (C=O) groups excluding carboxylic acids is 1. The summed E-state index contributed by atoms with van der Waals surface area (Å²) in [6.45, 7) is 9.31. The number of aryl methyl sites for hydroxylation is 2. The molecule has 0 fully saturated rings. The monoisotopic (exact) mass is 314 g/mol. The second kappa shape index (κ2) is 5.44. The molecular formula is C19H22O4. The third-order valence-corrected chi connectivity index (χ3v) is 4.46. The predicted molar refractivity (Wildman–Crippen MR) is 87.3 cm³/mol. The van der Waals surface area contributed by atoms with Crippen LogP contribution in [0, 0.1) is 13.8 Å². The van der Waals surface area contributed by atoms with Gasteiger partial charge in [-0.2, -0.15) is 0 Å². The summed E-state index contributed by atoms with van der Waals surface area (Å²) in [5.74, 6) is 1.47. The van der Waals surface area contributed by atoms with Crippen LogP contribution in [0.15, 0.2) is 22.6 Å². The molecule has 0 spiro atoms. The summed E-state index contributed by atoms with van der Waals surface area (Å²) >= 11 is 0. The minimum Gasteiger partial charge on any atom is -0.492 e. The van der Waals surface area contributed by atoms with Crippen LogP contribution in [-0.2, 0) is 16.6 Å². The summed E-state index contributed by atoms with van der Waals surface area (Å²) in [7, 11) is 1.34. The quantitative estimate of drug-likeness (QED) is 0.805. The number of benzene rings is 1. The van der Waals surface area contributed by atoms with Gasteiger partial charge in [0.15, 0.2) is 0 Å². The number of rotatable bonds is 3. The number of esters is 1. The molecule has 0 bridgehead atoms. The van der Waals surface area contributed by atoms with Crippen molar-refractivity contribution in [2.75, 3.05) is 13.7 Å². The Morgan fingerprint density at radius 1 is 1.26 bits per heavy atom. The highest BCUT2D eigenvalue weighted by Crippen LogP contribution is 2.44. The van der Waals surface area contributed by atoms with E-state index in [1.807, 2.05) is 6.07 Å². The van der Waals surface area contributed by atoms with Crippen molar-refractivity contribution in [2.45, 2.75) is 39.5 Å². The lowest BCUT2D eigenvalue weighted by molar-refractivity contribution is 0.0563. The Morgan fingerprint density at radius 2 is 2.00 bits per heavy atom. The fourth-order valence-electron chi connectivity index (χ4n) is 3.40. The van der Waals surface area contributed by atoms with Gasteiger partial charge in [0, 0.05) is 23.0 Å². The summed E-state index contributed by atoms with van der Waals surface area (Å²) in [6.07, 6.45) is 0.599. The fourth-order valence-corrected chi connectivity index (χ4v) is 3.40. The van der Waals surface area contributed by atoms with Crippen LogP contribution in [0.4, 0.5) is 0 Å². The first-order valence-corrected chi connectivity index (χ1v) is 7.77. The molecule has 2 heterocycles. The molecule has 0 aliphatic carbocycles. The van der Waals surface area contributed by atoms with Gasteiger partial charge in [0.1, 0.15) is 11.5 Å². The van der Waals surface area contributed by atoms with E-state index in [4.69, 9.17) is 9.15 Å². The van der Waals surface area contributed by atoms with E-state index in [0.29, 0.717) is 13.0 Å². The maximum absolute atomic E-state index is 11.5. The molecule has 0 atom stereocenters. The maximum Gasteiger partial charge on any atom is 0.373 e. The molecule has 0 saturated carbocycles. The standard InChI is InChI=1S/C19H22O4/c1-11-8-12(2)16-17(22-10-19(16,3)4)14(11)9-13-6-7-15(23-13)18(20)21-5/h6-8H,9-10H2,1-5H3.